The summed E-state index contributed by atoms with van der Waals surface area (Å²) >= 11 is 0. The average Bonchev–Trinajstić information content (AvgIpc) is 2.35. The highest BCUT2D eigenvalue weighted by Gasteiger charge is 2.15. The SMILES string of the molecule is CCCNC(Cn1cccnc1=O)C(C)CC. The van der Waals surface area contributed by atoms with Crippen molar-refractivity contribution >= 4 is 0 Å². The van der Waals surface area contributed by atoms with Gasteiger partial charge in [0.1, 0.15) is 0 Å². The largest absolute Gasteiger partial charge is 0.347 e. The molecule has 1 rings (SSSR count). The molecule has 0 aliphatic heterocycles. The van der Waals surface area contributed by atoms with E-state index in [1.54, 1.807) is 16.8 Å². The van der Waals surface area contributed by atoms with Crippen LogP contribution in [0.15, 0.2) is 23.3 Å². The maximum atomic E-state index is 11.6. The zero-order chi connectivity index (χ0) is 12.7. The fourth-order valence-corrected chi connectivity index (χ4v) is 1.80. The van der Waals surface area contributed by atoms with Gasteiger partial charge in [0.05, 0.1) is 0 Å². The number of hydrogen-bond acceptors (Lipinski definition) is 3. The molecule has 0 aliphatic carbocycles. The summed E-state index contributed by atoms with van der Waals surface area (Å²) in [5.74, 6) is 0.550. The smallest absolute Gasteiger partial charge is 0.312 e. The summed E-state index contributed by atoms with van der Waals surface area (Å²) in [6.07, 6.45) is 5.56. The minimum atomic E-state index is -0.167. The molecule has 0 aromatic carbocycles. The highest BCUT2D eigenvalue weighted by atomic mass is 16.1. The molecule has 0 saturated carbocycles. The van der Waals surface area contributed by atoms with Crippen molar-refractivity contribution in [3.8, 4) is 0 Å². The summed E-state index contributed by atoms with van der Waals surface area (Å²) in [6.45, 7) is 8.23. The molecule has 4 heteroatoms. The molecule has 96 valence electrons. The quantitative estimate of drug-likeness (QED) is 0.784. The molecule has 1 heterocycles. The van der Waals surface area contributed by atoms with Gasteiger partial charge in [-0.2, -0.15) is 0 Å². The van der Waals surface area contributed by atoms with Crippen molar-refractivity contribution in [2.45, 2.75) is 46.2 Å². The Labute approximate surface area is 103 Å². The third kappa shape index (κ3) is 4.30. The molecule has 1 N–H and O–H groups in total. The minimum absolute atomic E-state index is 0.167. The third-order valence-corrected chi connectivity index (χ3v) is 3.16. The summed E-state index contributed by atoms with van der Waals surface area (Å²) in [6, 6.07) is 2.14. The van der Waals surface area contributed by atoms with Gasteiger partial charge >= 0.3 is 5.69 Å². The van der Waals surface area contributed by atoms with Crippen LogP contribution in [-0.2, 0) is 6.54 Å². The Bertz CT molecular complexity index is 375. The normalized spacial score (nSPS) is 14.5. The number of nitrogens with one attached hydrogen (secondary N) is 1. The second-order valence-electron chi connectivity index (χ2n) is 4.50. The molecular formula is C13H23N3O. The molecule has 0 radical (unpaired) electrons. The van der Waals surface area contributed by atoms with E-state index in [1.165, 1.54) is 6.20 Å². The van der Waals surface area contributed by atoms with E-state index >= 15 is 0 Å². The lowest BCUT2D eigenvalue weighted by Gasteiger charge is -2.24. The zero-order valence-corrected chi connectivity index (χ0v) is 11.0. The van der Waals surface area contributed by atoms with Gasteiger partial charge in [-0.3, -0.25) is 4.57 Å². The summed E-state index contributed by atoms with van der Waals surface area (Å²) in [5.41, 5.74) is -0.167. The van der Waals surface area contributed by atoms with Crippen LogP contribution in [0.5, 0.6) is 0 Å². The molecule has 0 amide bonds. The molecule has 0 saturated heterocycles. The minimum Gasteiger partial charge on any atom is -0.312 e. The van der Waals surface area contributed by atoms with Crippen LogP contribution >= 0.6 is 0 Å². The Morgan fingerprint density at radius 3 is 2.82 bits per heavy atom. The first-order valence-electron chi connectivity index (χ1n) is 6.43. The van der Waals surface area contributed by atoms with E-state index in [0.29, 0.717) is 18.5 Å². The third-order valence-electron chi connectivity index (χ3n) is 3.16. The van der Waals surface area contributed by atoms with Gasteiger partial charge in [-0.1, -0.05) is 27.2 Å². The lowest BCUT2D eigenvalue weighted by molar-refractivity contribution is 0.325. The first-order valence-corrected chi connectivity index (χ1v) is 6.43. The maximum Gasteiger partial charge on any atom is 0.347 e. The van der Waals surface area contributed by atoms with Gasteiger partial charge < -0.3 is 5.32 Å². The first-order chi connectivity index (χ1) is 8.19. The van der Waals surface area contributed by atoms with Gasteiger partial charge in [-0.05, 0) is 24.9 Å². The second-order valence-corrected chi connectivity index (χ2v) is 4.50. The van der Waals surface area contributed by atoms with E-state index in [4.69, 9.17) is 0 Å². The molecular weight excluding hydrogens is 214 g/mol. The molecule has 0 aliphatic rings. The van der Waals surface area contributed by atoms with Gasteiger partial charge in [0, 0.05) is 25.0 Å². The summed E-state index contributed by atoms with van der Waals surface area (Å²) < 4.78 is 1.68. The van der Waals surface area contributed by atoms with E-state index in [9.17, 15) is 4.79 Å². The summed E-state index contributed by atoms with van der Waals surface area (Å²) in [4.78, 5) is 15.3. The van der Waals surface area contributed by atoms with Crippen molar-refractivity contribution in [3.63, 3.8) is 0 Å². The van der Waals surface area contributed by atoms with Gasteiger partial charge in [-0.15, -0.1) is 0 Å². The molecule has 0 fully saturated rings. The Morgan fingerprint density at radius 1 is 1.47 bits per heavy atom. The van der Waals surface area contributed by atoms with Crippen LogP contribution in [0.3, 0.4) is 0 Å². The lowest BCUT2D eigenvalue weighted by Crippen LogP contribution is -2.41. The fraction of sp³-hybridized carbons (Fsp3) is 0.692. The summed E-state index contributed by atoms with van der Waals surface area (Å²) in [5, 5.41) is 3.51. The molecule has 1 aromatic rings. The van der Waals surface area contributed by atoms with Crippen molar-refractivity contribution < 1.29 is 0 Å². The van der Waals surface area contributed by atoms with Crippen LogP contribution in [0.4, 0.5) is 0 Å². The number of hydrogen-bond donors (Lipinski definition) is 1. The molecule has 2 unspecified atom stereocenters. The van der Waals surface area contributed by atoms with Crippen LogP contribution in [0.25, 0.3) is 0 Å². The van der Waals surface area contributed by atoms with Gasteiger partial charge in [0.15, 0.2) is 0 Å². The van der Waals surface area contributed by atoms with Crippen LogP contribution in [-0.4, -0.2) is 22.1 Å². The van der Waals surface area contributed by atoms with E-state index < -0.39 is 0 Å². The van der Waals surface area contributed by atoms with Gasteiger partial charge in [-0.25, -0.2) is 9.78 Å². The van der Waals surface area contributed by atoms with Crippen molar-refractivity contribution in [2.24, 2.45) is 5.92 Å². The Morgan fingerprint density at radius 2 is 2.24 bits per heavy atom. The number of nitrogens with zero attached hydrogens (tertiary/aromatic N) is 2. The van der Waals surface area contributed by atoms with Crippen LogP contribution in [0, 0.1) is 5.92 Å². The highest BCUT2D eigenvalue weighted by molar-refractivity contribution is 4.83. The standard InChI is InChI=1S/C13H23N3O/c1-4-7-14-12(11(3)5-2)10-16-9-6-8-15-13(16)17/h6,8-9,11-12,14H,4-5,7,10H2,1-3H3. The van der Waals surface area contributed by atoms with E-state index in [1.807, 2.05) is 0 Å². The Balaban J connectivity index is 2.72. The summed E-state index contributed by atoms with van der Waals surface area (Å²) in [7, 11) is 0. The van der Waals surface area contributed by atoms with E-state index in [2.05, 4.69) is 31.1 Å². The molecule has 4 nitrogen and oxygen atoms in total. The number of rotatable bonds is 7. The molecule has 17 heavy (non-hydrogen) atoms. The highest BCUT2D eigenvalue weighted by Crippen LogP contribution is 2.09. The lowest BCUT2D eigenvalue weighted by atomic mass is 9.99. The van der Waals surface area contributed by atoms with Crippen LogP contribution in [0.2, 0.25) is 0 Å². The van der Waals surface area contributed by atoms with Crippen LogP contribution in [0.1, 0.15) is 33.6 Å². The average molecular weight is 237 g/mol. The predicted octanol–water partition coefficient (Wildman–Crippen LogP) is 1.66. The van der Waals surface area contributed by atoms with Gasteiger partial charge in [0.25, 0.3) is 0 Å². The molecule has 0 spiro atoms. The van der Waals surface area contributed by atoms with Crippen molar-refractivity contribution in [1.82, 2.24) is 14.9 Å². The Kier molecular flexibility index (Phi) is 5.91. The predicted molar refractivity (Wildman–Crippen MR) is 70.0 cm³/mol. The first kappa shape index (κ1) is 13.9. The van der Waals surface area contributed by atoms with E-state index in [0.717, 1.165) is 19.4 Å². The molecule has 1 aromatic heterocycles. The number of aromatic nitrogens is 2. The van der Waals surface area contributed by atoms with Crippen molar-refractivity contribution in [2.75, 3.05) is 6.54 Å². The Hall–Kier alpha value is -1.16. The topological polar surface area (TPSA) is 46.9 Å². The van der Waals surface area contributed by atoms with Gasteiger partial charge in [0.2, 0.25) is 0 Å². The molecule has 2 atom stereocenters. The van der Waals surface area contributed by atoms with E-state index in [-0.39, 0.29) is 5.69 Å². The fourth-order valence-electron chi connectivity index (χ4n) is 1.80. The van der Waals surface area contributed by atoms with Crippen molar-refractivity contribution in [1.29, 1.82) is 0 Å². The molecule has 0 bridgehead atoms. The van der Waals surface area contributed by atoms with Crippen LogP contribution < -0.4 is 11.0 Å². The van der Waals surface area contributed by atoms with Crippen molar-refractivity contribution in [3.05, 3.63) is 28.9 Å². The monoisotopic (exact) mass is 237 g/mol. The second kappa shape index (κ2) is 7.22. The maximum absolute atomic E-state index is 11.6. The zero-order valence-electron chi connectivity index (χ0n) is 11.0.